The molecular formula is C20H22ClN3O. The fourth-order valence-corrected chi connectivity index (χ4v) is 2.98. The highest BCUT2D eigenvalue weighted by molar-refractivity contribution is 6.29. The molecule has 3 rings (SSSR count). The third-order valence-corrected chi connectivity index (χ3v) is 4.87. The molecule has 0 aliphatic carbocycles. The van der Waals surface area contributed by atoms with Crippen molar-refractivity contribution in [3.8, 4) is 0 Å². The van der Waals surface area contributed by atoms with E-state index in [0.29, 0.717) is 16.4 Å². The first-order valence-electron chi connectivity index (χ1n) is 8.37. The lowest BCUT2D eigenvalue weighted by Gasteiger charge is -2.20. The number of rotatable bonds is 4. The third-order valence-electron chi connectivity index (χ3n) is 4.68. The van der Waals surface area contributed by atoms with E-state index in [2.05, 4.69) is 42.1 Å². The molecule has 2 aromatic heterocycles. The van der Waals surface area contributed by atoms with Crippen LogP contribution in [-0.2, 0) is 5.41 Å². The number of halogens is 1. The predicted octanol–water partition coefficient (Wildman–Crippen LogP) is 5.46. The number of pyridine rings is 1. The molecule has 1 amide bonds. The van der Waals surface area contributed by atoms with Crippen LogP contribution in [0.15, 0.2) is 36.4 Å². The van der Waals surface area contributed by atoms with Gasteiger partial charge in [-0.2, -0.15) is 0 Å². The molecule has 0 aliphatic rings. The number of aromatic nitrogens is 2. The molecule has 3 aromatic rings. The number of hydrogen-bond acceptors (Lipinski definition) is 2. The molecule has 25 heavy (non-hydrogen) atoms. The van der Waals surface area contributed by atoms with Gasteiger partial charge < -0.3 is 10.3 Å². The van der Waals surface area contributed by atoms with Crippen molar-refractivity contribution in [3.63, 3.8) is 0 Å². The summed E-state index contributed by atoms with van der Waals surface area (Å²) in [5, 5.41) is 4.33. The van der Waals surface area contributed by atoms with Gasteiger partial charge in [0.15, 0.2) is 0 Å². The summed E-state index contributed by atoms with van der Waals surface area (Å²) >= 11 is 5.94. The first-order chi connectivity index (χ1) is 11.8. The average Bonchev–Trinajstić information content (AvgIpc) is 2.98. The number of nitrogens with one attached hydrogen (secondary N) is 2. The molecule has 4 nitrogen and oxygen atoms in total. The lowest BCUT2D eigenvalue weighted by atomic mass is 9.86. The van der Waals surface area contributed by atoms with E-state index in [4.69, 9.17) is 11.6 Å². The van der Waals surface area contributed by atoms with Crippen LogP contribution in [0, 0.1) is 6.92 Å². The molecule has 0 unspecified atom stereocenters. The molecule has 0 spiro atoms. The summed E-state index contributed by atoms with van der Waals surface area (Å²) in [7, 11) is 0. The van der Waals surface area contributed by atoms with E-state index in [1.165, 1.54) is 5.69 Å². The largest absolute Gasteiger partial charge is 0.358 e. The summed E-state index contributed by atoms with van der Waals surface area (Å²) in [5.74, 6) is -0.198. The van der Waals surface area contributed by atoms with E-state index in [1.807, 2.05) is 25.1 Å². The van der Waals surface area contributed by atoms with E-state index in [9.17, 15) is 4.79 Å². The van der Waals surface area contributed by atoms with Gasteiger partial charge in [-0.1, -0.05) is 32.4 Å². The van der Waals surface area contributed by atoms with Crippen LogP contribution in [0.2, 0.25) is 5.15 Å². The van der Waals surface area contributed by atoms with E-state index in [1.54, 1.807) is 12.1 Å². The second-order valence-electron chi connectivity index (χ2n) is 7.00. The Kier molecular flexibility index (Phi) is 4.56. The van der Waals surface area contributed by atoms with Crippen molar-refractivity contribution in [1.82, 2.24) is 9.97 Å². The lowest BCUT2D eigenvalue weighted by Crippen LogP contribution is -2.15. The molecule has 0 saturated carbocycles. The molecule has 0 fully saturated rings. The Labute approximate surface area is 152 Å². The maximum atomic E-state index is 12.5. The van der Waals surface area contributed by atoms with Crippen LogP contribution < -0.4 is 5.32 Å². The summed E-state index contributed by atoms with van der Waals surface area (Å²) in [6.07, 6.45) is 1.05. The number of aromatic amines is 1. The van der Waals surface area contributed by atoms with Crippen molar-refractivity contribution in [1.29, 1.82) is 0 Å². The number of benzene rings is 1. The Morgan fingerprint density at radius 3 is 2.68 bits per heavy atom. The molecule has 2 N–H and O–H groups in total. The highest BCUT2D eigenvalue weighted by atomic mass is 35.5. The zero-order valence-electron chi connectivity index (χ0n) is 14.9. The Morgan fingerprint density at radius 1 is 1.24 bits per heavy atom. The zero-order valence-corrected chi connectivity index (χ0v) is 15.7. The summed E-state index contributed by atoms with van der Waals surface area (Å²) in [6.45, 7) is 8.43. The van der Waals surface area contributed by atoms with Crippen LogP contribution in [-0.4, -0.2) is 15.9 Å². The molecule has 0 radical (unpaired) electrons. The molecule has 1 aromatic carbocycles. The Hall–Kier alpha value is -2.33. The molecule has 2 heterocycles. The summed E-state index contributed by atoms with van der Waals surface area (Å²) in [6, 6.07) is 11.3. The average molecular weight is 356 g/mol. The Morgan fingerprint density at radius 2 is 2.00 bits per heavy atom. The number of amides is 1. The number of H-pyrrole nitrogens is 1. The van der Waals surface area contributed by atoms with Crippen LogP contribution in [0.3, 0.4) is 0 Å². The summed E-state index contributed by atoms with van der Waals surface area (Å²) in [5.41, 5.74) is 4.32. The predicted molar refractivity (Wildman–Crippen MR) is 104 cm³/mol. The van der Waals surface area contributed by atoms with Gasteiger partial charge >= 0.3 is 0 Å². The molecule has 5 heteroatoms. The van der Waals surface area contributed by atoms with Gasteiger partial charge in [-0.3, -0.25) is 4.79 Å². The number of carbonyl (C=O) groups excluding carboxylic acids is 1. The first kappa shape index (κ1) is 17.5. The van der Waals surface area contributed by atoms with E-state index >= 15 is 0 Å². The topological polar surface area (TPSA) is 57.8 Å². The SMILES string of the molecule is CCC(C)(C)c1cc2cc(NC(=O)c3cc(C)nc(Cl)c3)ccc2[nH]1. The van der Waals surface area contributed by atoms with E-state index in [0.717, 1.165) is 23.0 Å². The molecule has 0 aliphatic heterocycles. The normalized spacial score (nSPS) is 11.7. The first-order valence-corrected chi connectivity index (χ1v) is 8.75. The van der Waals surface area contributed by atoms with Crippen LogP contribution in [0.25, 0.3) is 10.9 Å². The number of hydrogen-bond donors (Lipinski definition) is 2. The number of fused-ring (bicyclic) bond motifs is 1. The number of carbonyl (C=O) groups is 1. The minimum Gasteiger partial charge on any atom is -0.358 e. The van der Waals surface area contributed by atoms with Crippen molar-refractivity contribution >= 4 is 34.1 Å². The Balaban J connectivity index is 1.88. The third kappa shape index (κ3) is 3.69. The maximum Gasteiger partial charge on any atom is 0.255 e. The van der Waals surface area contributed by atoms with E-state index in [-0.39, 0.29) is 11.3 Å². The van der Waals surface area contributed by atoms with Crippen molar-refractivity contribution in [2.24, 2.45) is 0 Å². The standard InChI is InChI=1S/C20H22ClN3O/c1-5-20(3,4)17-10-13-9-15(6-7-16(13)24-17)23-19(25)14-8-12(2)22-18(21)11-14/h6-11,24H,5H2,1-4H3,(H,23,25). The zero-order chi connectivity index (χ0) is 18.2. The van der Waals surface area contributed by atoms with E-state index < -0.39 is 0 Å². The number of nitrogens with zero attached hydrogens (tertiary/aromatic N) is 1. The molecule has 0 saturated heterocycles. The van der Waals surface area contributed by atoms with Gasteiger partial charge in [0.2, 0.25) is 0 Å². The highest BCUT2D eigenvalue weighted by Crippen LogP contribution is 2.30. The fraction of sp³-hybridized carbons (Fsp3) is 0.300. The molecule has 130 valence electrons. The van der Waals surface area contributed by atoms with Gasteiger partial charge in [-0.25, -0.2) is 4.98 Å². The van der Waals surface area contributed by atoms with Crippen LogP contribution in [0.4, 0.5) is 5.69 Å². The number of aryl methyl sites for hydroxylation is 1. The molecule has 0 atom stereocenters. The van der Waals surface area contributed by atoms with Gasteiger partial charge in [0.05, 0.1) is 0 Å². The van der Waals surface area contributed by atoms with Gasteiger partial charge in [0, 0.05) is 39.0 Å². The highest BCUT2D eigenvalue weighted by Gasteiger charge is 2.20. The molecular weight excluding hydrogens is 334 g/mol. The molecule has 0 bridgehead atoms. The summed E-state index contributed by atoms with van der Waals surface area (Å²) in [4.78, 5) is 20.0. The second-order valence-corrected chi connectivity index (χ2v) is 7.38. The van der Waals surface area contributed by atoms with Crippen LogP contribution >= 0.6 is 11.6 Å². The van der Waals surface area contributed by atoms with Crippen LogP contribution in [0.1, 0.15) is 48.9 Å². The van der Waals surface area contributed by atoms with Gasteiger partial charge in [-0.15, -0.1) is 0 Å². The maximum absolute atomic E-state index is 12.5. The number of anilines is 1. The smallest absolute Gasteiger partial charge is 0.255 e. The monoisotopic (exact) mass is 355 g/mol. The summed E-state index contributed by atoms with van der Waals surface area (Å²) < 4.78 is 0. The van der Waals surface area contributed by atoms with Crippen molar-refractivity contribution < 1.29 is 4.79 Å². The lowest BCUT2D eigenvalue weighted by molar-refractivity contribution is 0.102. The van der Waals surface area contributed by atoms with Gasteiger partial charge in [-0.05, 0) is 49.7 Å². The second kappa shape index (κ2) is 6.52. The van der Waals surface area contributed by atoms with Crippen molar-refractivity contribution in [2.75, 3.05) is 5.32 Å². The quantitative estimate of drug-likeness (QED) is 0.610. The fourth-order valence-electron chi connectivity index (χ4n) is 2.73. The van der Waals surface area contributed by atoms with Crippen LogP contribution in [0.5, 0.6) is 0 Å². The minimum atomic E-state index is -0.198. The van der Waals surface area contributed by atoms with Crippen molar-refractivity contribution in [3.05, 3.63) is 58.5 Å². The Bertz CT molecular complexity index is 923. The minimum absolute atomic E-state index is 0.0910. The van der Waals surface area contributed by atoms with Gasteiger partial charge in [0.25, 0.3) is 5.91 Å². The van der Waals surface area contributed by atoms with Gasteiger partial charge in [0.1, 0.15) is 5.15 Å². The van der Waals surface area contributed by atoms with Crippen molar-refractivity contribution in [2.45, 2.75) is 39.5 Å².